The number of hydrogen-bond donors (Lipinski definition) is 0. The van der Waals surface area contributed by atoms with Crippen molar-refractivity contribution in [3.8, 4) is 0 Å². The number of hydrogen-bond acceptors (Lipinski definition) is 4. The molecule has 0 saturated carbocycles. The summed E-state index contributed by atoms with van der Waals surface area (Å²) < 4.78 is 50.0. The number of benzene rings is 2. The van der Waals surface area contributed by atoms with Gasteiger partial charge in [0.25, 0.3) is 5.91 Å². The summed E-state index contributed by atoms with van der Waals surface area (Å²) in [5.74, 6) is 0.498. The molecule has 37 heavy (non-hydrogen) atoms. The topological polar surface area (TPSA) is 63.0 Å². The second-order valence-corrected chi connectivity index (χ2v) is 8.60. The molecule has 0 saturated heterocycles. The monoisotopic (exact) mass is 516 g/mol. The molecule has 6 nitrogen and oxygen atoms in total. The van der Waals surface area contributed by atoms with E-state index in [1.807, 2.05) is 50.2 Å². The molecule has 198 valence electrons. The number of aryl methyl sites for hydroxylation is 1. The van der Waals surface area contributed by atoms with Crippen molar-refractivity contribution in [1.82, 2.24) is 9.80 Å². The molecule has 0 atom stereocenters. The van der Waals surface area contributed by atoms with E-state index >= 15 is 0 Å². The third kappa shape index (κ3) is 8.49. The number of alkyl halides is 3. The van der Waals surface area contributed by atoms with Crippen LogP contribution in [0.4, 0.5) is 13.2 Å². The first kappa shape index (κ1) is 28.0. The van der Waals surface area contributed by atoms with Crippen LogP contribution >= 0.6 is 0 Å². The van der Waals surface area contributed by atoms with Crippen LogP contribution in [-0.4, -0.2) is 47.9 Å². The Kier molecular flexibility index (Phi) is 9.91. The Morgan fingerprint density at radius 2 is 1.62 bits per heavy atom. The van der Waals surface area contributed by atoms with Crippen molar-refractivity contribution in [2.24, 2.45) is 0 Å². The van der Waals surface area contributed by atoms with Gasteiger partial charge in [0.05, 0.1) is 12.1 Å². The van der Waals surface area contributed by atoms with E-state index in [1.165, 1.54) is 4.90 Å². The fourth-order valence-corrected chi connectivity index (χ4v) is 3.80. The van der Waals surface area contributed by atoms with Gasteiger partial charge >= 0.3 is 6.18 Å². The lowest BCUT2D eigenvalue weighted by atomic mass is 10.1. The third-order valence-electron chi connectivity index (χ3n) is 5.71. The van der Waals surface area contributed by atoms with Gasteiger partial charge in [-0.25, -0.2) is 0 Å². The molecular formula is C28H31F3N2O4. The van der Waals surface area contributed by atoms with Gasteiger partial charge < -0.3 is 19.0 Å². The van der Waals surface area contributed by atoms with Gasteiger partial charge in [0, 0.05) is 31.9 Å². The summed E-state index contributed by atoms with van der Waals surface area (Å²) in [6.07, 6.45) is -4.03. The molecule has 0 fully saturated rings. The molecule has 0 radical (unpaired) electrons. The maximum absolute atomic E-state index is 13.5. The summed E-state index contributed by atoms with van der Waals surface area (Å²) in [6, 6.07) is 17.1. The Hall–Kier alpha value is -3.59. The van der Waals surface area contributed by atoms with E-state index in [4.69, 9.17) is 9.15 Å². The quantitative estimate of drug-likeness (QED) is 0.290. The summed E-state index contributed by atoms with van der Waals surface area (Å²) in [6.45, 7) is 5.06. The predicted octanol–water partition coefficient (Wildman–Crippen LogP) is 5.70. The van der Waals surface area contributed by atoms with Crippen molar-refractivity contribution in [1.29, 1.82) is 0 Å². The lowest BCUT2D eigenvalue weighted by Crippen LogP contribution is -2.43. The highest BCUT2D eigenvalue weighted by Crippen LogP contribution is 2.29. The highest BCUT2D eigenvalue weighted by molar-refractivity contribution is 5.96. The Labute approximate surface area is 214 Å². The normalized spacial score (nSPS) is 11.4. The minimum absolute atomic E-state index is 0.0773. The van der Waals surface area contributed by atoms with Gasteiger partial charge in [0.15, 0.2) is 0 Å². The Morgan fingerprint density at radius 3 is 2.22 bits per heavy atom. The van der Waals surface area contributed by atoms with Crippen molar-refractivity contribution in [2.45, 2.75) is 39.5 Å². The molecular weight excluding hydrogens is 485 g/mol. The molecule has 0 aliphatic carbocycles. The van der Waals surface area contributed by atoms with E-state index in [0.29, 0.717) is 31.9 Å². The summed E-state index contributed by atoms with van der Waals surface area (Å²) in [5, 5.41) is 0. The summed E-state index contributed by atoms with van der Waals surface area (Å²) in [7, 11) is 0. The molecule has 1 heterocycles. The second-order valence-electron chi connectivity index (χ2n) is 8.60. The summed E-state index contributed by atoms with van der Waals surface area (Å²) >= 11 is 0. The molecule has 3 aromatic rings. The minimum atomic E-state index is -4.50. The van der Waals surface area contributed by atoms with Gasteiger partial charge in [-0.2, -0.15) is 13.2 Å². The highest BCUT2D eigenvalue weighted by Gasteiger charge is 2.31. The van der Waals surface area contributed by atoms with E-state index in [1.54, 1.807) is 11.0 Å². The average molecular weight is 517 g/mol. The van der Waals surface area contributed by atoms with E-state index in [2.05, 4.69) is 0 Å². The molecule has 3 rings (SSSR count). The molecule has 1 aromatic heterocycles. The maximum atomic E-state index is 13.5. The van der Waals surface area contributed by atoms with Crippen molar-refractivity contribution in [3.63, 3.8) is 0 Å². The first-order valence-electron chi connectivity index (χ1n) is 12.1. The van der Waals surface area contributed by atoms with E-state index in [-0.39, 0.29) is 31.1 Å². The molecule has 0 unspecified atom stereocenters. The molecule has 0 spiro atoms. The zero-order valence-electron chi connectivity index (χ0n) is 21.0. The predicted molar refractivity (Wildman–Crippen MR) is 133 cm³/mol. The number of rotatable bonds is 12. The summed E-state index contributed by atoms with van der Waals surface area (Å²) in [5.41, 5.74) is 0.148. The zero-order valence-corrected chi connectivity index (χ0v) is 21.0. The van der Waals surface area contributed by atoms with Crippen LogP contribution in [0.25, 0.3) is 0 Å². The van der Waals surface area contributed by atoms with Gasteiger partial charge in [0.1, 0.15) is 18.1 Å². The van der Waals surface area contributed by atoms with Crippen molar-refractivity contribution >= 4 is 11.8 Å². The Morgan fingerprint density at radius 1 is 0.919 bits per heavy atom. The van der Waals surface area contributed by atoms with Crippen LogP contribution < -0.4 is 0 Å². The summed E-state index contributed by atoms with van der Waals surface area (Å²) in [4.78, 5) is 29.7. The number of carbonyl (C=O) groups is 2. The molecule has 0 bridgehead atoms. The van der Waals surface area contributed by atoms with E-state index < -0.39 is 17.6 Å². The molecule has 0 aliphatic heterocycles. The smallest absolute Gasteiger partial charge is 0.416 e. The lowest BCUT2D eigenvalue weighted by Gasteiger charge is -2.27. The number of carbonyl (C=O) groups excluding carboxylic acids is 2. The van der Waals surface area contributed by atoms with Crippen LogP contribution in [-0.2, 0) is 28.8 Å². The van der Waals surface area contributed by atoms with Gasteiger partial charge in [-0.05, 0) is 62.2 Å². The van der Waals surface area contributed by atoms with Gasteiger partial charge in [0.2, 0.25) is 5.91 Å². The SMILES string of the molecule is CCOCCCN(CC(=O)N(Cc1ccccc1)Cc1ccc(C)o1)C(=O)c1ccc(C(F)(F)F)cc1. The van der Waals surface area contributed by atoms with Crippen molar-refractivity contribution < 1.29 is 31.9 Å². The standard InChI is InChI=1S/C28H31F3N2O4/c1-3-36-17-7-16-32(27(35)23-11-13-24(14-12-23)28(29,30)31)20-26(34)33(18-22-8-5-4-6-9-22)19-25-15-10-21(2)37-25/h4-6,8-15H,3,7,16-20H2,1-2H3. The fraction of sp³-hybridized carbons (Fsp3) is 0.357. The Balaban J connectivity index is 1.80. The Bertz CT molecular complexity index is 1140. The molecule has 0 N–H and O–H groups in total. The largest absolute Gasteiger partial charge is 0.464 e. The first-order valence-corrected chi connectivity index (χ1v) is 12.1. The highest BCUT2D eigenvalue weighted by atomic mass is 19.4. The maximum Gasteiger partial charge on any atom is 0.416 e. The third-order valence-corrected chi connectivity index (χ3v) is 5.71. The average Bonchev–Trinajstić information content (AvgIpc) is 3.29. The molecule has 9 heteroatoms. The van der Waals surface area contributed by atoms with Gasteiger partial charge in [-0.3, -0.25) is 9.59 Å². The van der Waals surface area contributed by atoms with Crippen LogP contribution in [0.2, 0.25) is 0 Å². The minimum Gasteiger partial charge on any atom is -0.464 e. The zero-order chi connectivity index (χ0) is 26.8. The molecule has 2 aromatic carbocycles. The lowest BCUT2D eigenvalue weighted by molar-refractivity contribution is -0.137. The molecule has 0 aliphatic rings. The van der Waals surface area contributed by atoms with Crippen molar-refractivity contribution in [2.75, 3.05) is 26.3 Å². The van der Waals surface area contributed by atoms with E-state index in [0.717, 1.165) is 35.6 Å². The number of furan rings is 1. The number of amides is 2. The fourth-order valence-electron chi connectivity index (χ4n) is 3.80. The van der Waals surface area contributed by atoms with E-state index in [9.17, 15) is 22.8 Å². The van der Waals surface area contributed by atoms with Crippen LogP contribution in [0.5, 0.6) is 0 Å². The van der Waals surface area contributed by atoms with Crippen LogP contribution in [0.3, 0.4) is 0 Å². The van der Waals surface area contributed by atoms with Crippen LogP contribution in [0.15, 0.2) is 71.1 Å². The van der Waals surface area contributed by atoms with Crippen LogP contribution in [0.1, 0.15) is 46.3 Å². The van der Waals surface area contributed by atoms with Gasteiger partial charge in [-0.15, -0.1) is 0 Å². The van der Waals surface area contributed by atoms with Crippen LogP contribution in [0, 0.1) is 6.92 Å². The van der Waals surface area contributed by atoms with Gasteiger partial charge in [-0.1, -0.05) is 30.3 Å². The number of halogens is 3. The first-order chi connectivity index (χ1) is 17.7. The number of nitrogens with zero attached hydrogens (tertiary/aromatic N) is 2. The number of ether oxygens (including phenoxy) is 1. The second kappa shape index (κ2) is 13.1. The van der Waals surface area contributed by atoms with Crippen molar-refractivity contribution in [3.05, 3.63) is 94.9 Å². The molecule has 2 amide bonds.